The maximum Gasteiger partial charge on any atom is 0.155 e. The summed E-state index contributed by atoms with van der Waals surface area (Å²) in [5.74, 6) is 0. The lowest BCUT2D eigenvalue weighted by molar-refractivity contribution is -0.896. The van der Waals surface area contributed by atoms with Gasteiger partial charge in [-0.2, -0.15) is 0 Å². The van der Waals surface area contributed by atoms with Crippen LogP contribution in [0, 0.1) is 0 Å². The molecule has 0 heterocycles. The molecule has 5 heteroatoms. The molecule has 0 aromatic carbocycles. The third-order valence-electron chi connectivity index (χ3n) is 4.39. The Morgan fingerprint density at radius 1 is 0.654 bits per heavy atom. The van der Waals surface area contributed by atoms with Crippen LogP contribution in [0.15, 0.2) is 0 Å². The largest absolute Gasteiger partial charge is 1.00 e. The van der Waals surface area contributed by atoms with E-state index in [1.807, 2.05) is 0 Å². The summed E-state index contributed by atoms with van der Waals surface area (Å²) in [6.45, 7) is 6.71. The van der Waals surface area contributed by atoms with Crippen LogP contribution in [0.2, 0.25) is 0 Å². The van der Waals surface area contributed by atoms with Crippen molar-refractivity contribution in [2.24, 2.45) is 0 Å². The summed E-state index contributed by atoms with van der Waals surface area (Å²) < 4.78 is 8.37. The van der Waals surface area contributed by atoms with Gasteiger partial charge in [-0.1, -0.05) is 58.3 Å². The van der Waals surface area contributed by atoms with Crippen molar-refractivity contribution in [2.45, 2.75) is 83.8 Å². The Bertz CT molecular complexity index is 285. The molecule has 162 valence electrons. The number of unbranched alkanes of at least 4 members (excludes halogenated alkanes) is 7. The molecular weight excluding hydrogens is 367 g/mol. The van der Waals surface area contributed by atoms with Crippen LogP contribution >= 0.6 is 0 Å². The first-order valence-corrected chi connectivity index (χ1v) is 10.3. The van der Waals surface area contributed by atoms with Gasteiger partial charge in [0, 0.05) is 0 Å². The molecule has 0 amide bonds. The van der Waals surface area contributed by atoms with Gasteiger partial charge in [0.1, 0.15) is 13.1 Å². The highest BCUT2D eigenvalue weighted by Gasteiger charge is 2.26. The van der Waals surface area contributed by atoms with E-state index in [0.29, 0.717) is 12.2 Å². The molecule has 26 heavy (non-hydrogen) atoms. The lowest BCUT2D eigenvalue weighted by Crippen LogP contribution is -3.00. The van der Waals surface area contributed by atoms with Gasteiger partial charge in [0.15, 0.2) is 6.10 Å². The highest BCUT2D eigenvalue weighted by atomic mass is 35.5. The zero-order valence-corrected chi connectivity index (χ0v) is 20.5. The zero-order valence-electron chi connectivity index (χ0n) is 19.0. The molecule has 0 aliphatic rings. The molecule has 0 fully saturated rings. The molecule has 0 radical (unpaired) electrons. The molecular formula is C21H48Cl2N2O. The summed E-state index contributed by atoms with van der Waals surface area (Å²) in [6.07, 6.45) is 13.0. The zero-order chi connectivity index (χ0) is 18.6. The first-order valence-electron chi connectivity index (χ1n) is 10.3. The predicted molar refractivity (Wildman–Crippen MR) is 107 cm³/mol. The second kappa shape index (κ2) is 16.4. The van der Waals surface area contributed by atoms with Crippen LogP contribution in [0.4, 0.5) is 0 Å². The standard InChI is InChI=1S/C21H48N2O.2ClH/c1-9-10-11-12-13-14-15-16-17-20(2)24-21(18-22(3,4)5)19-23(6,7)8;;/h20-21H,9-19H2,1-8H3;2*1H/q+2;;/p-2. The second-order valence-electron chi connectivity index (χ2n) is 9.78. The maximum atomic E-state index is 6.43. The minimum absolute atomic E-state index is 0. The van der Waals surface area contributed by atoms with E-state index in [9.17, 15) is 0 Å². The molecule has 0 saturated heterocycles. The number of likely N-dealkylation sites (N-methyl/N-ethyl adjacent to an activating group) is 2. The van der Waals surface area contributed by atoms with Crippen LogP contribution in [-0.4, -0.2) is 76.5 Å². The molecule has 0 saturated carbocycles. The molecule has 0 aliphatic heterocycles. The van der Waals surface area contributed by atoms with Crippen molar-refractivity contribution in [3.05, 3.63) is 0 Å². The van der Waals surface area contributed by atoms with E-state index in [2.05, 4.69) is 56.1 Å². The summed E-state index contributed by atoms with van der Waals surface area (Å²) >= 11 is 0. The van der Waals surface area contributed by atoms with Crippen molar-refractivity contribution in [3.8, 4) is 0 Å². The van der Waals surface area contributed by atoms with Crippen LogP contribution < -0.4 is 24.8 Å². The second-order valence-corrected chi connectivity index (χ2v) is 9.78. The molecule has 0 aromatic rings. The van der Waals surface area contributed by atoms with E-state index in [1.165, 1.54) is 57.8 Å². The fourth-order valence-corrected chi connectivity index (χ4v) is 3.33. The summed E-state index contributed by atoms with van der Waals surface area (Å²) in [7, 11) is 13.6. The lowest BCUT2D eigenvalue weighted by atomic mass is 10.1. The molecule has 0 spiro atoms. The topological polar surface area (TPSA) is 9.23 Å². The van der Waals surface area contributed by atoms with Crippen LogP contribution in [0.1, 0.15) is 71.6 Å². The van der Waals surface area contributed by atoms with E-state index in [1.54, 1.807) is 0 Å². The average Bonchev–Trinajstić information content (AvgIpc) is 2.37. The quantitative estimate of drug-likeness (QED) is 0.239. The first-order chi connectivity index (χ1) is 11.0. The normalized spacial score (nSPS) is 13.3. The van der Waals surface area contributed by atoms with Gasteiger partial charge in [0.2, 0.25) is 0 Å². The Balaban J connectivity index is -0.00000264. The third kappa shape index (κ3) is 22.5. The highest BCUT2D eigenvalue weighted by Crippen LogP contribution is 2.14. The van der Waals surface area contributed by atoms with Crippen LogP contribution in [0.3, 0.4) is 0 Å². The number of ether oxygens (including phenoxy) is 1. The van der Waals surface area contributed by atoms with Crippen molar-refractivity contribution in [2.75, 3.05) is 55.4 Å². The minimum atomic E-state index is 0. The molecule has 0 aromatic heterocycles. The Labute approximate surface area is 177 Å². The number of halogens is 2. The van der Waals surface area contributed by atoms with Gasteiger partial charge in [-0.25, -0.2) is 0 Å². The van der Waals surface area contributed by atoms with Crippen molar-refractivity contribution in [1.29, 1.82) is 0 Å². The Kier molecular flexibility index (Phi) is 19.7. The maximum absolute atomic E-state index is 6.43. The molecule has 0 rings (SSSR count). The molecule has 3 nitrogen and oxygen atoms in total. The van der Waals surface area contributed by atoms with Gasteiger partial charge < -0.3 is 38.5 Å². The predicted octanol–water partition coefficient (Wildman–Crippen LogP) is -1.29. The summed E-state index contributed by atoms with van der Waals surface area (Å²) in [5.41, 5.74) is 0. The first kappa shape index (κ1) is 31.2. The van der Waals surface area contributed by atoms with E-state index in [0.717, 1.165) is 22.1 Å². The number of hydrogen-bond donors (Lipinski definition) is 0. The van der Waals surface area contributed by atoms with Gasteiger partial charge in [-0.3, -0.25) is 0 Å². The molecule has 0 aliphatic carbocycles. The Hall–Kier alpha value is 0.460. The van der Waals surface area contributed by atoms with E-state index >= 15 is 0 Å². The lowest BCUT2D eigenvalue weighted by Gasteiger charge is -2.35. The van der Waals surface area contributed by atoms with Crippen molar-refractivity contribution >= 4 is 0 Å². The summed E-state index contributed by atoms with van der Waals surface area (Å²) in [5, 5.41) is 0. The highest BCUT2D eigenvalue weighted by molar-refractivity contribution is 4.61. The van der Waals surface area contributed by atoms with E-state index in [-0.39, 0.29) is 24.8 Å². The third-order valence-corrected chi connectivity index (χ3v) is 4.39. The van der Waals surface area contributed by atoms with Crippen molar-refractivity contribution < 1.29 is 38.5 Å². The SMILES string of the molecule is CCCCCCCCCCC(C)OC(C[N+](C)(C)C)C[N+](C)(C)C.[Cl-].[Cl-]. The van der Waals surface area contributed by atoms with Gasteiger partial charge in [0.25, 0.3) is 0 Å². The van der Waals surface area contributed by atoms with E-state index in [4.69, 9.17) is 4.74 Å². The number of rotatable bonds is 15. The van der Waals surface area contributed by atoms with E-state index < -0.39 is 0 Å². The van der Waals surface area contributed by atoms with Gasteiger partial charge >= 0.3 is 0 Å². The van der Waals surface area contributed by atoms with Crippen molar-refractivity contribution in [3.63, 3.8) is 0 Å². The van der Waals surface area contributed by atoms with Gasteiger partial charge in [-0.05, 0) is 13.3 Å². The molecule has 0 bridgehead atoms. The van der Waals surface area contributed by atoms with Crippen molar-refractivity contribution in [1.82, 2.24) is 0 Å². The molecule has 1 atom stereocenters. The van der Waals surface area contributed by atoms with Gasteiger partial charge in [0.05, 0.1) is 48.4 Å². The van der Waals surface area contributed by atoms with Crippen LogP contribution in [-0.2, 0) is 4.74 Å². The fourth-order valence-electron chi connectivity index (χ4n) is 3.33. The molecule has 1 unspecified atom stereocenters. The Morgan fingerprint density at radius 3 is 1.42 bits per heavy atom. The number of quaternary nitrogens is 2. The number of hydrogen-bond acceptors (Lipinski definition) is 1. The average molecular weight is 416 g/mol. The Morgan fingerprint density at radius 2 is 1.04 bits per heavy atom. The smallest absolute Gasteiger partial charge is 0.155 e. The number of nitrogens with zero attached hydrogens (tertiary/aromatic N) is 2. The minimum Gasteiger partial charge on any atom is -1.00 e. The molecule has 0 N–H and O–H groups in total. The van der Waals surface area contributed by atoms with Crippen LogP contribution in [0.25, 0.3) is 0 Å². The summed E-state index contributed by atoms with van der Waals surface area (Å²) in [6, 6.07) is 0. The fraction of sp³-hybridized carbons (Fsp3) is 1.00. The summed E-state index contributed by atoms with van der Waals surface area (Å²) in [4.78, 5) is 0. The van der Waals surface area contributed by atoms with Crippen LogP contribution in [0.5, 0.6) is 0 Å². The monoisotopic (exact) mass is 414 g/mol. The van der Waals surface area contributed by atoms with Gasteiger partial charge in [-0.15, -0.1) is 0 Å².